The van der Waals surface area contributed by atoms with Gasteiger partial charge < -0.3 is 10.1 Å². The first kappa shape index (κ1) is 20.1. The van der Waals surface area contributed by atoms with Gasteiger partial charge in [-0.15, -0.1) is 11.3 Å². The van der Waals surface area contributed by atoms with E-state index in [4.69, 9.17) is 16.3 Å². The minimum Gasteiger partial charge on any atom is -0.486 e. The van der Waals surface area contributed by atoms with Crippen LogP contribution in [0.1, 0.15) is 25.9 Å². The highest BCUT2D eigenvalue weighted by Crippen LogP contribution is 2.22. The summed E-state index contributed by atoms with van der Waals surface area (Å²) < 4.78 is 7.39. The Labute approximate surface area is 182 Å². The topological polar surface area (TPSA) is 81.9 Å². The molecule has 30 heavy (non-hydrogen) atoms. The maximum Gasteiger partial charge on any atom is 0.263 e. The number of aromatic nitrogens is 4. The number of benzene rings is 1. The standard InChI is InChI=1S/C21H18ClN5O2S/c1-14-19(30-18(26-14)13-29-17-7-5-16(22)6-8-17)21(28)24-12-15-4-2-9-23-20(15)27-11-3-10-25-27/h2-11H,12-13H2,1H3,(H,24,28). The van der Waals surface area contributed by atoms with E-state index in [0.717, 1.165) is 10.6 Å². The van der Waals surface area contributed by atoms with Gasteiger partial charge in [0.1, 0.15) is 22.2 Å². The van der Waals surface area contributed by atoms with Crippen LogP contribution < -0.4 is 10.1 Å². The van der Waals surface area contributed by atoms with Crippen LogP contribution in [-0.2, 0) is 13.2 Å². The number of halogens is 1. The maximum atomic E-state index is 12.7. The summed E-state index contributed by atoms with van der Waals surface area (Å²) in [5.74, 6) is 1.19. The molecule has 0 fully saturated rings. The van der Waals surface area contributed by atoms with Crippen molar-refractivity contribution < 1.29 is 9.53 Å². The van der Waals surface area contributed by atoms with Crippen LogP contribution in [0.5, 0.6) is 5.75 Å². The van der Waals surface area contributed by atoms with Crippen molar-refractivity contribution in [3.05, 3.63) is 87.2 Å². The minimum absolute atomic E-state index is 0.182. The molecule has 0 bridgehead atoms. The summed E-state index contributed by atoms with van der Waals surface area (Å²) in [6, 6.07) is 12.7. The van der Waals surface area contributed by atoms with Crippen LogP contribution in [0.2, 0.25) is 5.02 Å². The summed E-state index contributed by atoms with van der Waals surface area (Å²) in [7, 11) is 0. The van der Waals surface area contributed by atoms with Crippen molar-refractivity contribution in [1.29, 1.82) is 0 Å². The van der Waals surface area contributed by atoms with E-state index in [2.05, 4.69) is 20.4 Å². The van der Waals surface area contributed by atoms with Crippen molar-refractivity contribution in [1.82, 2.24) is 25.1 Å². The van der Waals surface area contributed by atoms with Crippen molar-refractivity contribution in [3.8, 4) is 11.6 Å². The van der Waals surface area contributed by atoms with Crippen LogP contribution in [0.25, 0.3) is 5.82 Å². The summed E-state index contributed by atoms with van der Waals surface area (Å²) in [5.41, 5.74) is 1.54. The second-order valence-corrected chi connectivity index (χ2v) is 7.90. The number of carbonyl (C=O) groups is 1. The van der Waals surface area contributed by atoms with E-state index in [1.165, 1.54) is 11.3 Å². The highest BCUT2D eigenvalue weighted by Gasteiger charge is 2.16. The van der Waals surface area contributed by atoms with Gasteiger partial charge in [0.05, 0.1) is 5.69 Å². The first-order chi connectivity index (χ1) is 14.6. The Balaban J connectivity index is 1.40. The van der Waals surface area contributed by atoms with Crippen molar-refractivity contribution in [2.24, 2.45) is 0 Å². The number of hydrogen-bond acceptors (Lipinski definition) is 6. The number of rotatable bonds is 7. The van der Waals surface area contributed by atoms with Gasteiger partial charge in [0, 0.05) is 35.7 Å². The molecule has 0 spiro atoms. The zero-order valence-corrected chi connectivity index (χ0v) is 17.7. The second kappa shape index (κ2) is 9.06. The number of pyridine rings is 1. The lowest BCUT2D eigenvalue weighted by Gasteiger charge is -2.09. The van der Waals surface area contributed by atoms with Gasteiger partial charge in [0.25, 0.3) is 5.91 Å². The lowest BCUT2D eigenvalue weighted by molar-refractivity contribution is 0.0954. The summed E-state index contributed by atoms with van der Waals surface area (Å²) in [5, 5.41) is 8.54. The largest absolute Gasteiger partial charge is 0.486 e. The molecule has 3 aromatic heterocycles. The van der Waals surface area contributed by atoms with Gasteiger partial charge in [-0.3, -0.25) is 4.79 Å². The van der Waals surface area contributed by atoms with E-state index < -0.39 is 0 Å². The zero-order valence-electron chi connectivity index (χ0n) is 16.1. The van der Waals surface area contributed by atoms with Crippen LogP contribution in [0.15, 0.2) is 61.1 Å². The van der Waals surface area contributed by atoms with E-state index in [0.29, 0.717) is 33.7 Å². The van der Waals surface area contributed by atoms with E-state index in [9.17, 15) is 4.79 Å². The van der Waals surface area contributed by atoms with Crippen LogP contribution >= 0.6 is 22.9 Å². The molecule has 1 amide bonds. The normalized spacial score (nSPS) is 10.7. The highest BCUT2D eigenvalue weighted by molar-refractivity contribution is 7.13. The smallest absolute Gasteiger partial charge is 0.263 e. The molecule has 0 unspecified atom stereocenters. The lowest BCUT2D eigenvalue weighted by atomic mass is 10.2. The van der Waals surface area contributed by atoms with Crippen molar-refractivity contribution >= 4 is 28.8 Å². The number of thiazole rings is 1. The Bertz CT molecular complexity index is 1140. The molecule has 9 heteroatoms. The fourth-order valence-electron chi connectivity index (χ4n) is 2.83. The van der Waals surface area contributed by atoms with Gasteiger partial charge in [-0.05, 0) is 43.3 Å². The van der Waals surface area contributed by atoms with Gasteiger partial charge in [-0.25, -0.2) is 14.6 Å². The lowest BCUT2D eigenvalue weighted by Crippen LogP contribution is -2.23. The summed E-state index contributed by atoms with van der Waals surface area (Å²) in [4.78, 5) is 22.1. The molecule has 7 nitrogen and oxygen atoms in total. The summed E-state index contributed by atoms with van der Waals surface area (Å²) in [6.45, 7) is 2.43. The van der Waals surface area contributed by atoms with Crippen molar-refractivity contribution in [2.75, 3.05) is 0 Å². The van der Waals surface area contributed by atoms with Gasteiger partial charge >= 0.3 is 0 Å². The molecule has 3 heterocycles. The van der Waals surface area contributed by atoms with E-state index in [1.807, 2.05) is 31.3 Å². The number of amides is 1. The average Bonchev–Trinajstić information content (AvgIpc) is 3.42. The fourth-order valence-corrected chi connectivity index (χ4v) is 3.85. The molecule has 0 radical (unpaired) electrons. The molecule has 152 valence electrons. The van der Waals surface area contributed by atoms with Crippen molar-refractivity contribution in [2.45, 2.75) is 20.1 Å². The Morgan fingerprint density at radius 2 is 2.03 bits per heavy atom. The number of nitrogens with zero attached hydrogens (tertiary/aromatic N) is 4. The molecule has 0 saturated heterocycles. The molecule has 4 aromatic rings. The highest BCUT2D eigenvalue weighted by atomic mass is 35.5. The summed E-state index contributed by atoms with van der Waals surface area (Å²) in [6.07, 6.45) is 5.20. The first-order valence-corrected chi connectivity index (χ1v) is 10.4. The molecule has 0 atom stereocenters. The molecule has 0 saturated carbocycles. The molecule has 4 rings (SSSR count). The number of ether oxygens (including phenoxy) is 1. The molecular weight excluding hydrogens is 422 g/mol. The van der Waals surface area contributed by atoms with E-state index in [1.54, 1.807) is 41.3 Å². The van der Waals surface area contributed by atoms with E-state index >= 15 is 0 Å². The van der Waals surface area contributed by atoms with Gasteiger partial charge in [-0.2, -0.15) is 5.10 Å². The summed E-state index contributed by atoms with van der Waals surface area (Å²) >= 11 is 7.20. The van der Waals surface area contributed by atoms with Crippen LogP contribution in [-0.4, -0.2) is 25.7 Å². The molecular formula is C21H18ClN5O2S. The predicted octanol–water partition coefficient (Wildman–Crippen LogP) is 4.19. The quantitative estimate of drug-likeness (QED) is 0.466. The molecule has 1 N–H and O–H groups in total. The Hall–Kier alpha value is -3.23. The molecule has 0 aliphatic rings. The first-order valence-electron chi connectivity index (χ1n) is 9.17. The third kappa shape index (κ3) is 4.67. The Morgan fingerprint density at radius 3 is 2.80 bits per heavy atom. The van der Waals surface area contributed by atoms with Crippen LogP contribution in [0.3, 0.4) is 0 Å². The third-order valence-electron chi connectivity index (χ3n) is 4.25. The van der Waals surface area contributed by atoms with Gasteiger partial charge in [0.2, 0.25) is 0 Å². The fraction of sp³-hybridized carbons (Fsp3) is 0.143. The predicted molar refractivity (Wildman–Crippen MR) is 115 cm³/mol. The second-order valence-electron chi connectivity index (χ2n) is 6.38. The zero-order chi connectivity index (χ0) is 20.9. The third-order valence-corrected chi connectivity index (χ3v) is 5.63. The van der Waals surface area contributed by atoms with Crippen LogP contribution in [0.4, 0.5) is 0 Å². The Morgan fingerprint density at radius 1 is 1.20 bits per heavy atom. The number of nitrogens with one attached hydrogen (secondary N) is 1. The molecule has 0 aliphatic carbocycles. The number of carbonyl (C=O) groups excluding carboxylic acids is 1. The average molecular weight is 440 g/mol. The number of hydrogen-bond donors (Lipinski definition) is 1. The van der Waals surface area contributed by atoms with Gasteiger partial charge in [-0.1, -0.05) is 17.7 Å². The molecule has 0 aliphatic heterocycles. The minimum atomic E-state index is -0.182. The number of aryl methyl sites for hydroxylation is 1. The van der Waals surface area contributed by atoms with Crippen molar-refractivity contribution in [3.63, 3.8) is 0 Å². The Kier molecular flexibility index (Phi) is 6.06. The maximum absolute atomic E-state index is 12.7. The monoisotopic (exact) mass is 439 g/mol. The van der Waals surface area contributed by atoms with E-state index in [-0.39, 0.29) is 12.5 Å². The van der Waals surface area contributed by atoms with Crippen LogP contribution in [0, 0.1) is 6.92 Å². The SMILES string of the molecule is Cc1nc(COc2ccc(Cl)cc2)sc1C(=O)NCc1cccnc1-n1cccn1. The molecule has 1 aromatic carbocycles. The van der Waals surface area contributed by atoms with Gasteiger partial charge in [0.15, 0.2) is 5.82 Å².